The molecule has 6 heteroatoms. The molecule has 2 atom stereocenters. The summed E-state index contributed by atoms with van der Waals surface area (Å²) in [6, 6.07) is 0.143. The van der Waals surface area contributed by atoms with Crippen LogP contribution in [0.15, 0.2) is 6.20 Å². The van der Waals surface area contributed by atoms with Crippen molar-refractivity contribution in [3.05, 3.63) is 16.9 Å². The molecule has 0 bridgehead atoms. The van der Waals surface area contributed by atoms with Gasteiger partial charge in [0.25, 0.3) is 0 Å². The number of ether oxygens (including phenoxy) is 1. The van der Waals surface area contributed by atoms with Crippen molar-refractivity contribution in [3.63, 3.8) is 0 Å². The van der Waals surface area contributed by atoms with Crippen LogP contribution >= 0.6 is 11.6 Å². The number of aromatic nitrogens is 2. The van der Waals surface area contributed by atoms with Crippen molar-refractivity contribution in [1.82, 2.24) is 15.1 Å². The number of rotatable bonds is 3. The van der Waals surface area contributed by atoms with Crippen LogP contribution in [0, 0.1) is 0 Å². The van der Waals surface area contributed by atoms with E-state index in [0.29, 0.717) is 23.7 Å². The van der Waals surface area contributed by atoms with E-state index in [1.807, 2.05) is 0 Å². The number of nitrogens with zero attached hydrogens (tertiary/aromatic N) is 2. The average Bonchev–Trinajstić information content (AvgIpc) is 2.59. The smallest absolute Gasteiger partial charge is 0.106 e. The molecule has 2 N–H and O–H groups in total. The maximum atomic E-state index is 10.5. The van der Waals surface area contributed by atoms with E-state index < -0.39 is 5.60 Å². The SMILES string of the molecule is Cn1ncc(Cl)c1C(C)(O)CC1COCCN1. The molecule has 0 saturated carbocycles. The summed E-state index contributed by atoms with van der Waals surface area (Å²) in [6.45, 7) is 3.92. The lowest BCUT2D eigenvalue weighted by Crippen LogP contribution is -2.45. The zero-order valence-electron chi connectivity index (χ0n) is 10.1. The van der Waals surface area contributed by atoms with Gasteiger partial charge >= 0.3 is 0 Å². The summed E-state index contributed by atoms with van der Waals surface area (Å²) in [4.78, 5) is 0. The van der Waals surface area contributed by atoms with E-state index in [2.05, 4.69) is 10.4 Å². The highest BCUT2D eigenvalue weighted by atomic mass is 35.5. The summed E-state index contributed by atoms with van der Waals surface area (Å²) in [7, 11) is 1.78. The Morgan fingerprint density at radius 2 is 2.53 bits per heavy atom. The molecule has 2 heterocycles. The molecule has 1 aromatic heterocycles. The molecule has 5 nitrogen and oxygen atoms in total. The lowest BCUT2D eigenvalue weighted by molar-refractivity contribution is -0.00171. The second-order valence-corrected chi connectivity index (χ2v) is 5.08. The van der Waals surface area contributed by atoms with Crippen LogP contribution in [0.1, 0.15) is 19.0 Å². The van der Waals surface area contributed by atoms with Crippen molar-refractivity contribution in [3.8, 4) is 0 Å². The highest BCUT2D eigenvalue weighted by molar-refractivity contribution is 6.31. The van der Waals surface area contributed by atoms with Crippen LogP contribution < -0.4 is 5.32 Å². The number of halogens is 1. The number of nitrogens with one attached hydrogen (secondary N) is 1. The van der Waals surface area contributed by atoms with Gasteiger partial charge < -0.3 is 15.2 Å². The summed E-state index contributed by atoms with van der Waals surface area (Å²) in [5, 5.41) is 18.4. The topological polar surface area (TPSA) is 59.3 Å². The molecule has 1 fully saturated rings. The fraction of sp³-hybridized carbons (Fsp3) is 0.727. The van der Waals surface area contributed by atoms with Gasteiger partial charge in [0.1, 0.15) is 5.60 Å². The Balaban J connectivity index is 2.12. The van der Waals surface area contributed by atoms with Gasteiger partial charge in [0, 0.05) is 19.6 Å². The quantitative estimate of drug-likeness (QED) is 0.837. The molecule has 96 valence electrons. The van der Waals surface area contributed by atoms with E-state index in [1.165, 1.54) is 0 Å². The number of morpholine rings is 1. The van der Waals surface area contributed by atoms with Crippen LogP contribution in [0.5, 0.6) is 0 Å². The van der Waals surface area contributed by atoms with Gasteiger partial charge in [-0.05, 0) is 13.3 Å². The minimum absolute atomic E-state index is 0.143. The van der Waals surface area contributed by atoms with Gasteiger partial charge in [0.15, 0.2) is 0 Å². The van der Waals surface area contributed by atoms with Crippen molar-refractivity contribution in [2.75, 3.05) is 19.8 Å². The highest BCUT2D eigenvalue weighted by Crippen LogP contribution is 2.31. The Morgan fingerprint density at radius 1 is 1.76 bits per heavy atom. The summed E-state index contributed by atoms with van der Waals surface area (Å²) in [5.41, 5.74) is -0.368. The number of aryl methyl sites for hydroxylation is 1. The van der Waals surface area contributed by atoms with Crippen molar-refractivity contribution < 1.29 is 9.84 Å². The van der Waals surface area contributed by atoms with Crippen molar-refractivity contribution >= 4 is 11.6 Å². The summed E-state index contributed by atoms with van der Waals surface area (Å²) in [5.74, 6) is 0. The largest absolute Gasteiger partial charge is 0.384 e. The van der Waals surface area contributed by atoms with E-state index >= 15 is 0 Å². The van der Waals surface area contributed by atoms with E-state index in [1.54, 1.807) is 24.9 Å². The van der Waals surface area contributed by atoms with Crippen molar-refractivity contribution in [1.29, 1.82) is 0 Å². The number of hydrogen-bond donors (Lipinski definition) is 2. The fourth-order valence-corrected chi connectivity index (χ4v) is 2.71. The molecule has 17 heavy (non-hydrogen) atoms. The van der Waals surface area contributed by atoms with Crippen LogP contribution in [-0.4, -0.2) is 40.7 Å². The Bertz CT molecular complexity index is 367. The third-order valence-electron chi connectivity index (χ3n) is 3.05. The minimum atomic E-state index is -1.01. The van der Waals surface area contributed by atoms with Crippen LogP contribution in [-0.2, 0) is 17.4 Å². The van der Waals surface area contributed by atoms with Crippen LogP contribution in [0.4, 0.5) is 0 Å². The molecule has 1 saturated heterocycles. The van der Waals surface area contributed by atoms with Crippen LogP contribution in [0.3, 0.4) is 0 Å². The third kappa shape index (κ3) is 2.80. The van der Waals surface area contributed by atoms with Gasteiger partial charge in [-0.1, -0.05) is 11.6 Å². The zero-order valence-corrected chi connectivity index (χ0v) is 10.9. The zero-order chi connectivity index (χ0) is 12.5. The molecule has 0 spiro atoms. The molecule has 0 amide bonds. The molecule has 2 unspecified atom stereocenters. The van der Waals surface area contributed by atoms with Gasteiger partial charge in [-0.2, -0.15) is 5.10 Å². The molecule has 0 aliphatic carbocycles. The third-order valence-corrected chi connectivity index (χ3v) is 3.32. The predicted octanol–water partition coefficient (Wildman–Crippen LogP) is 0.659. The van der Waals surface area contributed by atoms with Crippen molar-refractivity contribution in [2.45, 2.75) is 25.0 Å². The van der Waals surface area contributed by atoms with E-state index in [-0.39, 0.29) is 6.04 Å². The van der Waals surface area contributed by atoms with Gasteiger partial charge in [-0.3, -0.25) is 4.68 Å². The first-order valence-electron chi connectivity index (χ1n) is 5.72. The molecule has 1 aliphatic rings. The summed E-state index contributed by atoms with van der Waals surface area (Å²) < 4.78 is 6.99. The highest BCUT2D eigenvalue weighted by Gasteiger charge is 2.33. The molecule has 1 aliphatic heterocycles. The normalized spacial score (nSPS) is 24.6. The first-order valence-corrected chi connectivity index (χ1v) is 6.10. The lowest BCUT2D eigenvalue weighted by Gasteiger charge is -2.31. The second kappa shape index (κ2) is 4.94. The van der Waals surface area contributed by atoms with E-state index in [9.17, 15) is 5.11 Å². The first kappa shape index (κ1) is 12.8. The maximum Gasteiger partial charge on any atom is 0.106 e. The summed E-state index contributed by atoms with van der Waals surface area (Å²) >= 11 is 6.05. The van der Waals surface area contributed by atoms with Gasteiger partial charge in [0.05, 0.1) is 30.1 Å². The Morgan fingerprint density at radius 3 is 3.06 bits per heavy atom. The molecular weight excluding hydrogens is 242 g/mol. The molecular formula is C11H18ClN3O2. The van der Waals surface area contributed by atoms with E-state index in [0.717, 1.165) is 13.2 Å². The molecule has 0 aromatic carbocycles. The number of hydrogen-bond acceptors (Lipinski definition) is 4. The Hall–Kier alpha value is -0.620. The maximum absolute atomic E-state index is 10.5. The number of aliphatic hydroxyl groups is 1. The van der Waals surface area contributed by atoms with Crippen LogP contribution in [0.2, 0.25) is 5.02 Å². The van der Waals surface area contributed by atoms with Gasteiger partial charge in [-0.15, -0.1) is 0 Å². The first-order chi connectivity index (χ1) is 8.00. The van der Waals surface area contributed by atoms with Gasteiger partial charge in [-0.25, -0.2) is 0 Å². The lowest BCUT2D eigenvalue weighted by atomic mass is 9.93. The Labute approximate surface area is 106 Å². The van der Waals surface area contributed by atoms with Gasteiger partial charge in [0.2, 0.25) is 0 Å². The average molecular weight is 260 g/mol. The standard InChI is InChI=1S/C11H18ClN3O2/c1-11(16,5-8-7-17-4-3-13-8)10-9(12)6-14-15(10)2/h6,8,13,16H,3-5,7H2,1-2H3. The fourth-order valence-electron chi connectivity index (χ4n) is 2.34. The minimum Gasteiger partial charge on any atom is -0.384 e. The predicted molar refractivity (Wildman–Crippen MR) is 65.0 cm³/mol. The van der Waals surface area contributed by atoms with E-state index in [4.69, 9.17) is 16.3 Å². The summed E-state index contributed by atoms with van der Waals surface area (Å²) in [6.07, 6.45) is 2.10. The van der Waals surface area contributed by atoms with Crippen LogP contribution in [0.25, 0.3) is 0 Å². The van der Waals surface area contributed by atoms with Crippen molar-refractivity contribution in [2.24, 2.45) is 7.05 Å². The monoisotopic (exact) mass is 259 g/mol. The molecule has 1 aromatic rings. The second-order valence-electron chi connectivity index (χ2n) is 4.67. The molecule has 0 radical (unpaired) electrons. The molecule has 2 rings (SSSR count). The Kier molecular flexibility index (Phi) is 3.73.